The van der Waals surface area contributed by atoms with E-state index in [1.165, 1.54) is 55.3 Å². The Morgan fingerprint density at radius 1 is 0.611 bits per heavy atom. The number of anilines is 2. The lowest BCUT2D eigenvalue weighted by Crippen LogP contribution is -2.46. The second-order valence-corrected chi connectivity index (χ2v) is 15.5. The van der Waals surface area contributed by atoms with Crippen LogP contribution in [0, 0.1) is 23.3 Å². The van der Waals surface area contributed by atoms with Crippen LogP contribution in [0.5, 0.6) is 0 Å². The molecule has 4 aromatic carbocycles. The van der Waals surface area contributed by atoms with Gasteiger partial charge in [-0.25, -0.2) is 46.7 Å². The summed E-state index contributed by atoms with van der Waals surface area (Å²) in [5, 5.41) is 22.9. The van der Waals surface area contributed by atoms with E-state index in [4.69, 9.17) is 9.47 Å². The Bertz CT molecular complexity index is 2770. The van der Waals surface area contributed by atoms with Crippen LogP contribution in [0.1, 0.15) is 36.8 Å². The molecule has 0 bridgehead atoms. The van der Waals surface area contributed by atoms with Gasteiger partial charge in [0.2, 0.25) is 0 Å². The van der Waals surface area contributed by atoms with Crippen LogP contribution in [0.4, 0.5) is 48.4 Å². The molecule has 0 radical (unpaired) electrons. The molecule has 0 aliphatic heterocycles. The molecule has 0 aliphatic rings. The van der Waals surface area contributed by atoms with Crippen molar-refractivity contribution in [2.24, 2.45) is 0 Å². The molecule has 5 N–H and O–H groups in total. The first-order valence-electron chi connectivity index (χ1n) is 21.8. The molecule has 0 saturated carbocycles. The highest BCUT2D eigenvalue weighted by Gasteiger charge is 2.25. The van der Waals surface area contributed by atoms with Gasteiger partial charge in [-0.15, -0.1) is 0 Å². The Morgan fingerprint density at radius 3 is 1.44 bits per heavy atom. The van der Waals surface area contributed by atoms with Crippen LogP contribution in [-0.2, 0) is 32.1 Å². The zero-order chi connectivity index (χ0) is 50.6. The molecule has 23 heteroatoms. The summed E-state index contributed by atoms with van der Waals surface area (Å²) in [6.07, 6.45) is 2.54. The van der Waals surface area contributed by atoms with Gasteiger partial charge in [-0.3, -0.25) is 15.4 Å². The van der Waals surface area contributed by atoms with E-state index < -0.39 is 65.6 Å². The summed E-state index contributed by atoms with van der Waals surface area (Å²) in [6.45, 7) is -0.958. The average molecular weight is 1040 g/mol. The maximum absolute atomic E-state index is 13.9. The molecule has 17 nitrogen and oxygen atoms in total. The maximum atomic E-state index is 13.9. The number of amides is 6. The zero-order valence-electron chi connectivity index (χ0n) is 39.4. The number of hydrogen-bond acceptors (Lipinski definition) is 11. The molecule has 6 rings (SSSR count). The standard InChI is InChI=1S/C25H26F2N4O5.C24H26F2N4O4.2H2S/c1-31(24(33)29-14-18-8-5-9-20(26)23(18)27)19(10-11-22(32)35-2)15-36-25(34)30-21-12-16-6-3-4-7-17(16)13-28-21;1-30(23(32)28-14-18-8-4-10-20(25)22(18)26)19(9-5-11-31)15-34-24(33)29-21-12-16-6-2-3-7-17(16)13-27-21;;/h3-9,12-13,19H,10-11,14-15H2,1-2H3,(H,29,33)(H,28,30,34);2-4,6-8,10,12-13,19,31H,5,9,11,14-15H2,1H3,(H,28,32)(H,27,29,33);2*1H2/t2*19-;;/m00../s1. The Labute approximate surface area is 426 Å². The second-order valence-electron chi connectivity index (χ2n) is 15.5. The number of rotatable bonds is 18. The molecule has 386 valence electrons. The van der Waals surface area contributed by atoms with Gasteiger partial charge in [-0.05, 0) is 54.3 Å². The van der Waals surface area contributed by atoms with Crippen molar-refractivity contribution in [3.8, 4) is 0 Å². The Balaban J connectivity index is 0.000000371. The highest BCUT2D eigenvalue weighted by molar-refractivity contribution is 7.59. The molecule has 2 atom stereocenters. The van der Waals surface area contributed by atoms with Gasteiger partial charge in [-0.2, -0.15) is 27.0 Å². The summed E-state index contributed by atoms with van der Waals surface area (Å²) >= 11 is 0. The smallest absolute Gasteiger partial charge is 0.412 e. The number of benzene rings is 4. The third kappa shape index (κ3) is 17.8. The van der Waals surface area contributed by atoms with E-state index in [1.807, 2.05) is 48.5 Å². The lowest BCUT2D eigenvalue weighted by molar-refractivity contribution is -0.141. The van der Waals surface area contributed by atoms with E-state index >= 15 is 0 Å². The van der Waals surface area contributed by atoms with Gasteiger partial charge in [-0.1, -0.05) is 72.8 Å². The van der Waals surface area contributed by atoms with Gasteiger partial charge in [0.1, 0.15) is 24.8 Å². The third-order valence-corrected chi connectivity index (χ3v) is 10.8. The predicted octanol–water partition coefficient (Wildman–Crippen LogP) is 8.49. The van der Waals surface area contributed by atoms with Crippen molar-refractivity contribution in [1.29, 1.82) is 0 Å². The van der Waals surface area contributed by atoms with Crippen LogP contribution < -0.4 is 21.3 Å². The summed E-state index contributed by atoms with van der Waals surface area (Å²) in [5.41, 5.74) is -0.0199. The van der Waals surface area contributed by atoms with Crippen LogP contribution in [0.2, 0.25) is 0 Å². The lowest BCUT2D eigenvalue weighted by Gasteiger charge is -2.28. The van der Waals surface area contributed by atoms with Gasteiger partial charge in [0.25, 0.3) is 0 Å². The second kappa shape index (κ2) is 29.7. The van der Waals surface area contributed by atoms with E-state index in [1.54, 1.807) is 24.5 Å². The summed E-state index contributed by atoms with van der Waals surface area (Å²) in [7, 11) is 4.17. The van der Waals surface area contributed by atoms with E-state index in [2.05, 4.69) is 36.0 Å². The molecule has 6 amide bonds. The van der Waals surface area contributed by atoms with Crippen LogP contribution in [-0.4, -0.2) is 108 Å². The molecule has 2 heterocycles. The monoisotopic (exact) mass is 1040 g/mol. The number of urea groups is 2. The largest absolute Gasteiger partial charge is 0.469 e. The molecule has 2 aromatic heterocycles. The summed E-state index contributed by atoms with van der Waals surface area (Å²) in [5.74, 6) is -3.99. The average Bonchev–Trinajstić information content (AvgIpc) is 3.36. The maximum Gasteiger partial charge on any atom is 0.412 e. The number of fused-ring (bicyclic) bond motifs is 2. The number of nitrogens with one attached hydrogen (secondary N) is 4. The van der Waals surface area contributed by atoms with Crippen LogP contribution in [0.3, 0.4) is 0 Å². The van der Waals surface area contributed by atoms with Crippen LogP contribution in [0.25, 0.3) is 21.5 Å². The first kappa shape index (κ1) is 58.9. The number of carbonyl (C=O) groups excluding carboxylic acids is 5. The summed E-state index contributed by atoms with van der Waals surface area (Å²) < 4.78 is 69.7. The fourth-order valence-corrected chi connectivity index (χ4v) is 6.71. The molecule has 72 heavy (non-hydrogen) atoms. The number of likely N-dealkylation sites (N-methyl/N-ethyl adjacent to an activating group) is 2. The minimum Gasteiger partial charge on any atom is -0.469 e. The van der Waals surface area contributed by atoms with Crippen molar-refractivity contribution in [3.05, 3.63) is 144 Å². The predicted molar refractivity (Wildman–Crippen MR) is 272 cm³/mol. The molecular formula is C49H56F4N8O9S2. The number of esters is 1. The van der Waals surface area contributed by atoms with E-state index in [-0.39, 0.29) is 89.7 Å². The Morgan fingerprint density at radius 2 is 1.03 bits per heavy atom. The molecule has 0 spiro atoms. The molecule has 0 unspecified atom stereocenters. The van der Waals surface area contributed by atoms with Crippen molar-refractivity contribution in [3.63, 3.8) is 0 Å². The number of pyridine rings is 2. The van der Waals surface area contributed by atoms with E-state index in [9.17, 15) is 46.6 Å². The number of ether oxygens (including phenoxy) is 3. The first-order valence-corrected chi connectivity index (χ1v) is 21.8. The minimum absolute atomic E-state index is 0. The molecule has 0 fully saturated rings. The number of aliphatic hydroxyl groups excluding tert-OH is 1. The number of nitrogens with zero attached hydrogens (tertiary/aromatic N) is 4. The number of hydrogen-bond donors (Lipinski definition) is 5. The number of methoxy groups -OCH3 is 1. The first-order chi connectivity index (χ1) is 33.7. The quantitative estimate of drug-likeness (QED) is 0.0313. The summed E-state index contributed by atoms with van der Waals surface area (Å²) in [6, 6.07) is 23.4. The van der Waals surface area contributed by atoms with E-state index in [0.717, 1.165) is 33.7 Å². The number of aromatic nitrogens is 2. The van der Waals surface area contributed by atoms with Gasteiger partial charge in [0.15, 0.2) is 23.3 Å². The summed E-state index contributed by atoms with van der Waals surface area (Å²) in [4.78, 5) is 72.3. The van der Waals surface area contributed by atoms with Crippen LogP contribution >= 0.6 is 27.0 Å². The third-order valence-electron chi connectivity index (χ3n) is 10.8. The highest BCUT2D eigenvalue weighted by Crippen LogP contribution is 2.19. The fraction of sp³-hybridized carbons (Fsp3) is 0.286. The van der Waals surface area contributed by atoms with Crippen molar-refractivity contribution in [2.75, 3.05) is 51.7 Å². The van der Waals surface area contributed by atoms with Crippen molar-refractivity contribution in [1.82, 2.24) is 30.4 Å². The molecule has 0 saturated heterocycles. The van der Waals surface area contributed by atoms with Gasteiger partial charge in [0.05, 0.1) is 19.2 Å². The minimum atomic E-state index is -1.05. The molecular weight excluding hydrogens is 985 g/mol. The van der Waals surface area contributed by atoms with Gasteiger partial charge >= 0.3 is 30.2 Å². The van der Waals surface area contributed by atoms with Crippen molar-refractivity contribution in [2.45, 2.75) is 50.9 Å². The molecule has 6 aromatic rings. The van der Waals surface area contributed by atoms with Gasteiger partial charge in [0, 0.05) is 74.5 Å². The van der Waals surface area contributed by atoms with E-state index in [0.29, 0.717) is 18.7 Å². The van der Waals surface area contributed by atoms with Crippen LogP contribution in [0.15, 0.2) is 109 Å². The van der Waals surface area contributed by atoms with Crippen molar-refractivity contribution < 1.29 is 60.9 Å². The number of carbonyl (C=O) groups is 5. The molecule has 0 aliphatic carbocycles. The Hall–Kier alpha value is -7.37. The Kier molecular flexibility index (Phi) is 24.3. The van der Waals surface area contributed by atoms with Crippen molar-refractivity contribution >= 4 is 90.4 Å². The zero-order valence-corrected chi connectivity index (χ0v) is 41.4. The fourth-order valence-electron chi connectivity index (χ4n) is 6.71. The lowest BCUT2D eigenvalue weighted by atomic mass is 10.1. The highest BCUT2D eigenvalue weighted by atomic mass is 32.1. The number of aliphatic hydroxyl groups is 1. The number of halogens is 4. The van der Waals surface area contributed by atoms with Gasteiger partial charge < -0.3 is 39.8 Å². The topological polar surface area (TPSA) is 214 Å². The normalized spacial score (nSPS) is 11.2. The SMILES string of the molecule is CN(C(=O)NCc1cccc(F)c1F)[C@@H](CCCO)COC(=O)Nc1cc2ccccc2cn1.COC(=O)CC[C@@H](COC(=O)Nc1cc2ccccc2cn1)N(C)C(=O)NCc1cccc(F)c1F.S.S.